The van der Waals surface area contributed by atoms with E-state index in [-0.39, 0.29) is 0 Å². The van der Waals surface area contributed by atoms with Crippen molar-refractivity contribution in [3.05, 3.63) is 255 Å². The van der Waals surface area contributed by atoms with Crippen LogP contribution in [0.5, 0.6) is 0 Å². The zero-order chi connectivity index (χ0) is 42.4. The summed E-state index contributed by atoms with van der Waals surface area (Å²) in [6, 6.07) is 92.5. The first kappa shape index (κ1) is 37.3. The van der Waals surface area contributed by atoms with Crippen LogP contribution in [0.3, 0.4) is 0 Å². The maximum Gasteiger partial charge on any atom is 0.0542 e. The fraction of sp³-hybridized carbons (Fsp3) is 0. The fourth-order valence-corrected chi connectivity index (χ4v) is 9.91. The van der Waals surface area contributed by atoms with Crippen LogP contribution >= 0.6 is 0 Å². The number of hydrogen-bond donors (Lipinski definition) is 0. The van der Waals surface area contributed by atoms with Gasteiger partial charge in [-0.1, -0.05) is 194 Å². The molecule has 0 saturated carbocycles. The van der Waals surface area contributed by atoms with Gasteiger partial charge < -0.3 is 9.47 Å². The molecular formula is C62H42N2. The number of benzene rings is 11. The zero-order valence-electron chi connectivity index (χ0n) is 35.1. The van der Waals surface area contributed by atoms with Gasteiger partial charge in [-0.15, -0.1) is 0 Å². The van der Waals surface area contributed by atoms with Crippen molar-refractivity contribution in [1.29, 1.82) is 0 Å². The first-order valence-corrected chi connectivity index (χ1v) is 22.0. The summed E-state index contributed by atoms with van der Waals surface area (Å²) in [4.78, 5) is 2.37. The molecule has 0 aliphatic heterocycles. The minimum atomic E-state index is 1.09. The highest BCUT2D eigenvalue weighted by Gasteiger charge is 2.20. The van der Waals surface area contributed by atoms with Crippen molar-refractivity contribution in [2.24, 2.45) is 0 Å². The minimum absolute atomic E-state index is 1.09. The Balaban J connectivity index is 0.996. The Kier molecular flexibility index (Phi) is 9.20. The molecule has 0 aliphatic carbocycles. The monoisotopic (exact) mass is 814 g/mol. The van der Waals surface area contributed by atoms with Crippen molar-refractivity contribution < 1.29 is 0 Å². The van der Waals surface area contributed by atoms with Crippen molar-refractivity contribution in [2.45, 2.75) is 0 Å². The summed E-state index contributed by atoms with van der Waals surface area (Å²) >= 11 is 0. The maximum absolute atomic E-state index is 2.43. The van der Waals surface area contributed by atoms with E-state index in [2.05, 4.69) is 264 Å². The number of hydrogen-bond acceptors (Lipinski definition) is 1. The molecule has 1 heterocycles. The molecule has 1 aromatic heterocycles. The summed E-state index contributed by atoms with van der Waals surface area (Å²) in [5, 5.41) is 7.44. The molecule has 2 nitrogen and oxygen atoms in total. The molecule has 64 heavy (non-hydrogen) atoms. The molecule has 2 heteroatoms. The van der Waals surface area contributed by atoms with E-state index in [1.807, 2.05) is 0 Å². The summed E-state index contributed by atoms with van der Waals surface area (Å²) in [5.74, 6) is 0. The van der Waals surface area contributed by atoms with E-state index < -0.39 is 0 Å². The van der Waals surface area contributed by atoms with Gasteiger partial charge in [0.2, 0.25) is 0 Å². The van der Waals surface area contributed by atoms with Gasteiger partial charge in [0.15, 0.2) is 0 Å². The Morgan fingerprint density at radius 1 is 0.250 bits per heavy atom. The Hall–Kier alpha value is -8.46. The Morgan fingerprint density at radius 2 is 0.719 bits per heavy atom. The third-order valence-corrected chi connectivity index (χ3v) is 12.8. The third kappa shape index (κ3) is 6.35. The SMILES string of the molecule is c1ccc(-c2ccccc2-n2c3ccccc3c3cc(N(c4ccccc4)c4ccc(-c5ccc6c(-c7ccccc7)c7ccccc7c(-c7ccccc7)c6c5)cc4)ccc32)cc1. The Labute approximate surface area is 373 Å². The van der Waals surface area contributed by atoms with Crippen molar-refractivity contribution in [3.8, 4) is 50.2 Å². The molecular weight excluding hydrogens is 773 g/mol. The molecule has 0 amide bonds. The highest BCUT2D eigenvalue weighted by Crippen LogP contribution is 2.46. The minimum Gasteiger partial charge on any atom is -0.310 e. The zero-order valence-corrected chi connectivity index (χ0v) is 35.1. The van der Waals surface area contributed by atoms with Crippen LogP contribution in [0, 0.1) is 0 Å². The van der Waals surface area contributed by atoms with Gasteiger partial charge in [0.25, 0.3) is 0 Å². The van der Waals surface area contributed by atoms with E-state index in [4.69, 9.17) is 0 Å². The first-order chi connectivity index (χ1) is 31.8. The van der Waals surface area contributed by atoms with Crippen LogP contribution in [-0.2, 0) is 0 Å². The molecule has 12 aromatic rings. The van der Waals surface area contributed by atoms with Crippen LogP contribution < -0.4 is 4.90 Å². The Morgan fingerprint density at radius 3 is 1.39 bits per heavy atom. The lowest BCUT2D eigenvalue weighted by Gasteiger charge is -2.26. The molecule has 0 radical (unpaired) electrons. The number of aromatic nitrogens is 1. The lowest BCUT2D eigenvalue weighted by Crippen LogP contribution is -2.09. The summed E-state index contributed by atoms with van der Waals surface area (Å²) < 4.78 is 2.43. The van der Waals surface area contributed by atoms with E-state index in [1.54, 1.807) is 0 Å². The lowest BCUT2D eigenvalue weighted by atomic mass is 9.85. The normalized spacial score (nSPS) is 11.4. The van der Waals surface area contributed by atoms with Gasteiger partial charge in [0, 0.05) is 33.4 Å². The van der Waals surface area contributed by atoms with Crippen molar-refractivity contribution in [2.75, 3.05) is 4.90 Å². The molecule has 12 rings (SSSR count). The summed E-state index contributed by atoms with van der Waals surface area (Å²) in [6.07, 6.45) is 0. The molecule has 0 unspecified atom stereocenters. The highest BCUT2D eigenvalue weighted by atomic mass is 15.1. The second-order valence-electron chi connectivity index (χ2n) is 16.4. The average Bonchev–Trinajstić information content (AvgIpc) is 3.70. The Bertz CT molecular complexity index is 3630. The number of fused-ring (bicyclic) bond motifs is 5. The second-order valence-corrected chi connectivity index (χ2v) is 16.4. The smallest absolute Gasteiger partial charge is 0.0542 e. The molecule has 0 atom stereocenters. The van der Waals surface area contributed by atoms with Crippen LogP contribution in [0.2, 0.25) is 0 Å². The van der Waals surface area contributed by atoms with E-state index in [9.17, 15) is 0 Å². The van der Waals surface area contributed by atoms with Gasteiger partial charge in [-0.25, -0.2) is 0 Å². The van der Waals surface area contributed by atoms with Gasteiger partial charge in [0.05, 0.1) is 16.7 Å². The number of rotatable bonds is 8. The van der Waals surface area contributed by atoms with Gasteiger partial charge in [0.1, 0.15) is 0 Å². The maximum atomic E-state index is 2.43. The predicted molar refractivity (Wildman–Crippen MR) is 272 cm³/mol. The van der Waals surface area contributed by atoms with Crippen molar-refractivity contribution in [3.63, 3.8) is 0 Å². The molecule has 0 saturated heterocycles. The molecule has 300 valence electrons. The van der Waals surface area contributed by atoms with Crippen molar-refractivity contribution >= 4 is 60.4 Å². The quantitative estimate of drug-likeness (QED) is 0.139. The van der Waals surface area contributed by atoms with Crippen LogP contribution in [0.4, 0.5) is 17.1 Å². The van der Waals surface area contributed by atoms with E-state index >= 15 is 0 Å². The second kappa shape index (κ2) is 15.8. The van der Waals surface area contributed by atoms with E-state index in [0.29, 0.717) is 0 Å². The van der Waals surface area contributed by atoms with Gasteiger partial charge in [-0.05, 0) is 121 Å². The largest absolute Gasteiger partial charge is 0.310 e. The van der Waals surface area contributed by atoms with Crippen LogP contribution in [-0.4, -0.2) is 4.57 Å². The summed E-state index contributed by atoms with van der Waals surface area (Å²) in [7, 11) is 0. The molecule has 0 N–H and O–H groups in total. The van der Waals surface area contributed by atoms with E-state index in [1.165, 1.54) is 87.9 Å². The molecule has 0 spiro atoms. The molecule has 0 bridgehead atoms. The topological polar surface area (TPSA) is 8.17 Å². The number of para-hydroxylation sites is 3. The first-order valence-electron chi connectivity index (χ1n) is 22.0. The average molecular weight is 815 g/mol. The van der Waals surface area contributed by atoms with Gasteiger partial charge in [-0.3, -0.25) is 0 Å². The number of anilines is 3. The number of nitrogens with zero attached hydrogens (tertiary/aromatic N) is 2. The van der Waals surface area contributed by atoms with Crippen LogP contribution in [0.15, 0.2) is 255 Å². The molecule has 0 aliphatic rings. The predicted octanol–water partition coefficient (Wildman–Crippen LogP) is 17.2. The summed E-state index contributed by atoms with van der Waals surface area (Å²) in [6.45, 7) is 0. The molecule has 11 aromatic carbocycles. The summed E-state index contributed by atoms with van der Waals surface area (Å²) in [5.41, 5.74) is 16.5. The fourth-order valence-electron chi connectivity index (χ4n) is 9.91. The van der Waals surface area contributed by atoms with Crippen LogP contribution in [0.1, 0.15) is 0 Å². The lowest BCUT2D eigenvalue weighted by molar-refractivity contribution is 1.18. The van der Waals surface area contributed by atoms with Crippen molar-refractivity contribution in [1.82, 2.24) is 4.57 Å². The van der Waals surface area contributed by atoms with Crippen LogP contribution in [0.25, 0.3) is 93.5 Å². The van der Waals surface area contributed by atoms with E-state index in [0.717, 1.165) is 22.7 Å². The van der Waals surface area contributed by atoms with Gasteiger partial charge in [-0.2, -0.15) is 0 Å². The third-order valence-electron chi connectivity index (χ3n) is 12.8. The highest BCUT2D eigenvalue weighted by molar-refractivity contribution is 6.22. The molecule has 0 fully saturated rings. The standard InChI is InChI=1S/C62H42N2/c1-5-19-44(20-6-1)51-27-15-17-31-58(51)64-59-32-18-16-28-52(59)56-42-50(38-40-60(56)64)63(48-25-11-4-12-26-48)49-36-33-43(34-37-49)47-35-39-55-57(41-47)62(46-23-9-3-10-24-46)54-30-14-13-29-53(54)61(55)45-21-7-2-8-22-45/h1-42H. The van der Waals surface area contributed by atoms with Gasteiger partial charge >= 0.3 is 0 Å².